The second kappa shape index (κ2) is 23.7. The third-order valence-electron chi connectivity index (χ3n) is 7.04. The Labute approximate surface area is 271 Å². The van der Waals surface area contributed by atoms with Gasteiger partial charge in [-0.3, -0.25) is 29.0 Å². The molecule has 1 radical (unpaired) electrons. The molecule has 2 aromatic carbocycles. The Balaban J connectivity index is 0.000000605. The van der Waals surface area contributed by atoms with Crippen molar-refractivity contribution in [3.63, 3.8) is 0 Å². The summed E-state index contributed by atoms with van der Waals surface area (Å²) in [6, 6.07) is 14.0. The Morgan fingerprint density at radius 3 is 1.00 bits per heavy atom. The van der Waals surface area contributed by atoms with Crippen molar-refractivity contribution in [1.29, 1.82) is 0 Å². The molecule has 0 aliphatic carbocycles. The maximum absolute atomic E-state index is 11.9. The molecule has 237 valence electrons. The van der Waals surface area contributed by atoms with Crippen LogP contribution in [0.3, 0.4) is 0 Å². The second-order valence-corrected chi connectivity index (χ2v) is 10.6. The van der Waals surface area contributed by atoms with Gasteiger partial charge in [0.05, 0.1) is 28.8 Å². The molecule has 8 heteroatoms. The van der Waals surface area contributed by atoms with Crippen molar-refractivity contribution in [2.24, 2.45) is 0 Å². The van der Waals surface area contributed by atoms with Gasteiger partial charge in [-0.25, -0.2) is 0 Å². The zero-order chi connectivity index (χ0) is 31.3. The van der Waals surface area contributed by atoms with Crippen LogP contribution in [0.4, 0.5) is 0 Å². The molecule has 2 heterocycles. The first kappa shape index (κ1) is 40.3. The number of hydrogen-bond donors (Lipinski definition) is 1. The fourth-order valence-corrected chi connectivity index (χ4v) is 4.47. The van der Waals surface area contributed by atoms with Crippen LogP contribution in [0.15, 0.2) is 48.5 Å². The molecular weight excluding hydrogens is 577 g/mol. The summed E-state index contributed by atoms with van der Waals surface area (Å²) in [5, 5.41) is 0. The summed E-state index contributed by atoms with van der Waals surface area (Å²) in [5.41, 5.74) is 5.85. The Kier molecular flexibility index (Phi) is 22.2. The topological polar surface area (TPSA) is 102 Å². The summed E-state index contributed by atoms with van der Waals surface area (Å²) >= 11 is 0. The SMILES string of the molecule is CCCCCC.CCCCCN1C(=O)c2ccccc2C1=O.CCCCN1C(=O)c2ccccc2C1=O.CCCC[NH3+].[V]. The second-order valence-electron chi connectivity index (χ2n) is 10.6. The molecule has 3 N–H and O–H groups in total. The van der Waals surface area contributed by atoms with E-state index in [0.29, 0.717) is 35.3 Å². The number of fused-ring (bicyclic) bond motifs is 2. The van der Waals surface area contributed by atoms with Crippen molar-refractivity contribution in [2.75, 3.05) is 19.6 Å². The van der Waals surface area contributed by atoms with Crippen LogP contribution in [0.2, 0.25) is 0 Å². The van der Waals surface area contributed by atoms with Gasteiger partial charge in [0.25, 0.3) is 23.6 Å². The maximum Gasteiger partial charge on any atom is 0.261 e. The van der Waals surface area contributed by atoms with Crippen LogP contribution in [-0.2, 0) is 18.6 Å². The molecule has 4 amide bonds. The Morgan fingerprint density at radius 2 is 0.744 bits per heavy atom. The van der Waals surface area contributed by atoms with E-state index < -0.39 is 0 Å². The number of nitrogens with zero attached hydrogens (tertiary/aromatic N) is 2. The van der Waals surface area contributed by atoms with Crippen LogP contribution < -0.4 is 5.73 Å². The molecule has 0 aromatic heterocycles. The van der Waals surface area contributed by atoms with E-state index in [1.54, 1.807) is 48.5 Å². The summed E-state index contributed by atoms with van der Waals surface area (Å²) in [4.78, 5) is 50.2. The van der Waals surface area contributed by atoms with Crippen molar-refractivity contribution < 1.29 is 43.5 Å². The normalized spacial score (nSPS) is 12.7. The quantitative estimate of drug-likeness (QED) is 0.198. The molecule has 43 heavy (non-hydrogen) atoms. The van der Waals surface area contributed by atoms with Crippen LogP contribution in [0.5, 0.6) is 0 Å². The third kappa shape index (κ3) is 12.8. The monoisotopic (exact) mass is 631 g/mol. The molecule has 0 saturated carbocycles. The van der Waals surface area contributed by atoms with Crippen LogP contribution in [0.25, 0.3) is 0 Å². The van der Waals surface area contributed by atoms with Crippen molar-refractivity contribution in [2.45, 2.75) is 105 Å². The molecule has 0 atom stereocenters. The number of rotatable bonds is 12. The predicted molar refractivity (Wildman–Crippen MR) is 171 cm³/mol. The van der Waals surface area contributed by atoms with Gasteiger partial charge in [-0.15, -0.1) is 0 Å². The number of carbonyl (C=O) groups is 4. The van der Waals surface area contributed by atoms with Gasteiger partial charge in [-0.05, 0) is 43.5 Å². The van der Waals surface area contributed by atoms with Crippen LogP contribution in [-0.4, -0.2) is 53.1 Å². The van der Waals surface area contributed by atoms with E-state index in [4.69, 9.17) is 0 Å². The van der Waals surface area contributed by atoms with E-state index in [1.165, 1.54) is 48.3 Å². The minimum Gasteiger partial charge on any atom is -0.358 e. The van der Waals surface area contributed by atoms with Crippen LogP contribution in [0.1, 0.15) is 147 Å². The summed E-state index contributed by atoms with van der Waals surface area (Å²) < 4.78 is 0. The standard InChI is InChI=1S/C13H15NO2.C12H13NO2.C6H14.C4H11N.V/c1-2-3-6-9-14-12(15)10-7-4-5-8-11(10)13(14)16;1-2-3-8-13-11(14)9-6-4-5-7-10(9)12(13)15;1-3-5-6-4-2;1-2-3-4-5;/h4-5,7-8H,2-3,6,9H2,1H3;4-7H,2-3,8H2,1H3;3-6H2,1-2H3;2-5H2,1H3;/p+1. The van der Waals surface area contributed by atoms with E-state index in [9.17, 15) is 19.2 Å². The molecule has 4 rings (SSSR count). The number of benzene rings is 2. The van der Waals surface area contributed by atoms with Gasteiger partial charge in [-0.2, -0.15) is 0 Å². The number of quaternary nitrogens is 1. The molecule has 2 aromatic rings. The fourth-order valence-electron chi connectivity index (χ4n) is 4.47. The van der Waals surface area contributed by atoms with E-state index in [1.807, 2.05) is 6.92 Å². The average Bonchev–Trinajstić information content (AvgIpc) is 3.40. The van der Waals surface area contributed by atoms with Crippen molar-refractivity contribution in [3.8, 4) is 0 Å². The summed E-state index contributed by atoms with van der Waals surface area (Å²) in [6.07, 6.45) is 13.0. The summed E-state index contributed by atoms with van der Waals surface area (Å²) in [6.45, 7) is 12.9. The Hall–Kier alpha value is -2.74. The molecule has 7 nitrogen and oxygen atoms in total. The van der Waals surface area contributed by atoms with Crippen molar-refractivity contribution >= 4 is 23.6 Å². The zero-order valence-corrected chi connectivity index (χ0v) is 28.6. The minimum absolute atomic E-state index is 0. The van der Waals surface area contributed by atoms with Gasteiger partial charge in [0.2, 0.25) is 0 Å². The fraction of sp³-hybridized carbons (Fsp3) is 0.543. The first-order chi connectivity index (χ1) is 20.3. The Bertz CT molecular complexity index is 1050. The first-order valence-corrected chi connectivity index (χ1v) is 16.0. The number of imide groups is 2. The first-order valence-electron chi connectivity index (χ1n) is 16.0. The molecule has 0 saturated heterocycles. The third-order valence-corrected chi connectivity index (χ3v) is 7.04. The smallest absolute Gasteiger partial charge is 0.261 e. The molecule has 0 bridgehead atoms. The predicted octanol–water partition coefficient (Wildman–Crippen LogP) is 7.17. The van der Waals surface area contributed by atoms with Gasteiger partial charge in [0.15, 0.2) is 0 Å². The van der Waals surface area contributed by atoms with E-state index >= 15 is 0 Å². The average molecular weight is 632 g/mol. The molecule has 2 aliphatic rings. The van der Waals surface area contributed by atoms with E-state index in [2.05, 4.69) is 33.4 Å². The number of hydrogen-bond acceptors (Lipinski definition) is 4. The van der Waals surface area contributed by atoms with E-state index in [0.717, 1.165) is 38.6 Å². The van der Waals surface area contributed by atoms with Crippen LogP contribution >= 0.6 is 0 Å². The molecule has 0 fully saturated rings. The molecule has 0 spiro atoms. The van der Waals surface area contributed by atoms with Gasteiger partial charge in [0.1, 0.15) is 0 Å². The van der Waals surface area contributed by atoms with Gasteiger partial charge < -0.3 is 5.73 Å². The summed E-state index contributed by atoms with van der Waals surface area (Å²) in [5.74, 6) is -0.582. The van der Waals surface area contributed by atoms with E-state index in [-0.39, 0.29) is 42.2 Å². The largest absolute Gasteiger partial charge is 0.358 e. The minimum atomic E-state index is -0.149. The van der Waals surface area contributed by atoms with Gasteiger partial charge in [-0.1, -0.05) is 110 Å². The number of amides is 4. The maximum atomic E-state index is 11.9. The zero-order valence-electron chi connectivity index (χ0n) is 27.2. The van der Waals surface area contributed by atoms with Gasteiger partial charge in [0, 0.05) is 31.6 Å². The molecule has 0 unspecified atom stereocenters. The molecule has 2 aliphatic heterocycles. The Morgan fingerprint density at radius 1 is 0.465 bits per heavy atom. The van der Waals surface area contributed by atoms with Crippen LogP contribution in [0, 0.1) is 0 Å². The van der Waals surface area contributed by atoms with Crippen molar-refractivity contribution in [3.05, 3.63) is 70.8 Å². The number of carbonyl (C=O) groups excluding carboxylic acids is 4. The molecular formula is C35H54N3O4V+. The van der Waals surface area contributed by atoms with Gasteiger partial charge >= 0.3 is 0 Å². The number of unbranched alkanes of at least 4 members (excludes halogenated alkanes) is 7. The van der Waals surface area contributed by atoms with Crippen molar-refractivity contribution in [1.82, 2.24) is 9.80 Å². The summed E-state index contributed by atoms with van der Waals surface area (Å²) in [7, 11) is 0.